The van der Waals surface area contributed by atoms with Crippen molar-refractivity contribution in [2.45, 2.75) is 104 Å². The fourth-order valence-corrected chi connectivity index (χ4v) is 3.60. The number of esters is 1. The smallest absolute Gasteiger partial charge is 0.308 e. The van der Waals surface area contributed by atoms with E-state index < -0.39 is 11.3 Å². The molecule has 0 saturated carbocycles. The Hall–Kier alpha value is -2.12. The van der Waals surface area contributed by atoms with Gasteiger partial charge in [0.2, 0.25) is 5.91 Å². The molecule has 0 fully saturated rings. The molecular weight excluding hydrogens is 513 g/mol. The van der Waals surface area contributed by atoms with Gasteiger partial charge in [0.15, 0.2) is 0 Å². The Morgan fingerprint density at radius 1 is 1.14 bits per heavy atom. The standard InChI is InChI=1S/C22H29Cl2N3O4.6CH4/c1-5-7-10-31-20(29)14(3)13-22(4,6-2)21(30)25-18-12-19(28)27(26-18)17-11-15(23)8-9-16(17)24;;;;;;/h8-9,11,14H,5-7,10,12-13H2,1-4H3,(H,25,26,30);6*1H4. The molecule has 0 aromatic heterocycles. The van der Waals surface area contributed by atoms with Crippen molar-refractivity contribution in [3.05, 3.63) is 28.2 Å². The first kappa shape index (κ1) is 44.8. The number of halogens is 2. The van der Waals surface area contributed by atoms with Gasteiger partial charge in [-0.25, -0.2) is 0 Å². The molecule has 218 valence electrons. The number of anilines is 1. The summed E-state index contributed by atoms with van der Waals surface area (Å²) in [6.07, 6.45) is 2.52. The lowest BCUT2D eigenvalue weighted by Gasteiger charge is -2.29. The number of benzene rings is 1. The maximum absolute atomic E-state index is 13.0. The van der Waals surface area contributed by atoms with Crippen molar-refractivity contribution in [3.63, 3.8) is 0 Å². The third kappa shape index (κ3) is 11.9. The minimum Gasteiger partial charge on any atom is -0.465 e. The van der Waals surface area contributed by atoms with Gasteiger partial charge < -0.3 is 10.1 Å². The van der Waals surface area contributed by atoms with Crippen molar-refractivity contribution in [2.24, 2.45) is 16.4 Å². The fourth-order valence-electron chi connectivity index (χ4n) is 3.23. The molecule has 1 aliphatic heterocycles. The Labute approximate surface area is 237 Å². The number of hydrogen-bond acceptors (Lipinski definition) is 5. The highest BCUT2D eigenvalue weighted by Crippen LogP contribution is 2.33. The van der Waals surface area contributed by atoms with Crippen LogP contribution in [0.1, 0.15) is 104 Å². The molecule has 1 heterocycles. The summed E-state index contributed by atoms with van der Waals surface area (Å²) in [4.78, 5) is 37.7. The van der Waals surface area contributed by atoms with Gasteiger partial charge in [-0.2, -0.15) is 10.1 Å². The number of hydrogen-bond donors (Lipinski definition) is 1. The van der Waals surface area contributed by atoms with E-state index in [9.17, 15) is 14.4 Å². The van der Waals surface area contributed by atoms with Crippen LogP contribution in [0.2, 0.25) is 10.0 Å². The topological polar surface area (TPSA) is 88.1 Å². The lowest BCUT2D eigenvalue weighted by atomic mass is 9.78. The molecule has 0 spiro atoms. The number of hydrazone groups is 1. The Kier molecular flexibility index (Phi) is 24.1. The van der Waals surface area contributed by atoms with Crippen molar-refractivity contribution in [1.82, 2.24) is 5.32 Å². The molecular formula is C28H53Cl2N3O4. The van der Waals surface area contributed by atoms with Gasteiger partial charge in [0, 0.05) is 10.4 Å². The summed E-state index contributed by atoms with van der Waals surface area (Å²) in [7, 11) is 0. The Bertz CT molecular complexity index is 877. The SMILES string of the molecule is C.C.C.C.C.C.CCCCOC(=O)C(C)CC(C)(CC)C(=O)NC1=NN(c2cc(Cl)ccc2Cl)C(=O)C1. The molecule has 0 radical (unpaired) electrons. The van der Waals surface area contributed by atoms with Crippen LogP contribution in [-0.4, -0.2) is 30.2 Å². The number of carbonyl (C=O) groups is 3. The molecule has 1 aromatic carbocycles. The highest BCUT2D eigenvalue weighted by Gasteiger charge is 2.37. The quantitative estimate of drug-likeness (QED) is 0.239. The first-order chi connectivity index (χ1) is 14.6. The van der Waals surface area contributed by atoms with E-state index in [0.717, 1.165) is 17.9 Å². The molecule has 1 aromatic rings. The highest BCUT2D eigenvalue weighted by molar-refractivity contribution is 6.36. The van der Waals surface area contributed by atoms with E-state index in [1.165, 1.54) is 6.07 Å². The number of amidine groups is 1. The number of unbranched alkanes of at least 4 members (excludes halogenated alkanes) is 1. The Morgan fingerprint density at radius 2 is 1.73 bits per heavy atom. The lowest BCUT2D eigenvalue weighted by Crippen LogP contribution is -2.43. The summed E-state index contributed by atoms with van der Waals surface area (Å²) in [6.45, 7) is 7.84. The molecule has 0 aliphatic carbocycles. The minimum absolute atomic E-state index is 0. The number of ether oxygens (including phenoxy) is 1. The second-order valence-electron chi connectivity index (χ2n) is 8.02. The molecule has 2 amide bonds. The molecule has 2 rings (SSSR count). The summed E-state index contributed by atoms with van der Waals surface area (Å²) in [5.41, 5.74) is -0.472. The van der Waals surface area contributed by atoms with E-state index in [2.05, 4.69) is 10.4 Å². The zero-order valence-corrected chi connectivity index (χ0v) is 19.8. The first-order valence-electron chi connectivity index (χ1n) is 10.4. The van der Waals surface area contributed by atoms with E-state index in [1.807, 2.05) is 13.8 Å². The van der Waals surface area contributed by atoms with Crippen LogP contribution >= 0.6 is 23.2 Å². The predicted molar refractivity (Wildman–Crippen MR) is 163 cm³/mol. The normalized spacial score (nSPS) is 13.8. The van der Waals surface area contributed by atoms with Crippen LogP contribution in [0, 0.1) is 11.3 Å². The summed E-state index contributed by atoms with van der Waals surface area (Å²) in [5, 5.41) is 8.86. The predicted octanol–water partition coefficient (Wildman–Crippen LogP) is 8.76. The second-order valence-corrected chi connectivity index (χ2v) is 8.86. The molecule has 1 N–H and O–H groups in total. The van der Waals surface area contributed by atoms with Gasteiger partial charge in [0.25, 0.3) is 5.91 Å². The van der Waals surface area contributed by atoms with E-state index in [0.29, 0.717) is 35.2 Å². The van der Waals surface area contributed by atoms with Gasteiger partial charge in [-0.05, 0) is 37.5 Å². The maximum Gasteiger partial charge on any atom is 0.308 e. The van der Waals surface area contributed by atoms with Gasteiger partial charge in [-0.15, -0.1) is 0 Å². The van der Waals surface area contributed by atoms with Crippen LogP contribution in [0.3, 0.4) is 0 Å². The van der Waals surface area contributed by atoms with E-state index >= 15 is 0 Å². The van der Waals surface area contributed by atoms with Crippen molar-refractivity contribution in [2.75, 3.05) is 11.6 Å². The van der Waals surface area contributed by atoms with Crippen LogP contribution < -0.4 is 10.3 Å². The fraction of sp³-hybridized carbons (Fsp3) is 0.643. The number of rotatable bonds is 9. The highest BCUT2D eigenvalue weighted by atomic mass is 35.5. The molecule has 2 atom stereocenters. The number of nitrogens with zero attached hydrogens (tertiary/aromatic N) is 2. The molecule has 2 unspecified atom stereocenters. The molecule has 1 aliphatic rings. The van der Waals surface area contributed by atoms with Crippen LogP contribution in [0.4, 0.5) is 5.69 Å². The summed E-state index contributed by atoms with van der Waals surface area (Å²) >= 11 is 12.2. The van der Waals surface area contributed by atoms with Crippen molar-refractivity contribution in [1.29, 1.82) is 0 Å². The lowest BCUT2D eigenvalue weighted by molar-refractivity contribution is -0.149. The minimum atomic E-state index is -0.824. The van der Waals surface area contributed by atoms with Gasteiger partial charge >= 0.3 is 5.97 Å². The van der Waals surface area contributed by atoms with Gasteiger partial charge in [-0.1, -0.05) is 102 Å². The average molecular weight is 567 g/mol. The monoisotopic (exact) mass is 565 g/mol. The van der Waals surface area contributed by atoms with Crippen LogP contribution in [0.25, 0.3) is 0 Å². The average Bonchev–Trinajstić information content (AvgIpc) is 3.09. The molecule has 7 nitrogen and oxygen atoms in total. The number of nitrogens with one attached hydrogen (secondary N) is 1. The van der Waals surface area contributed by atoms with E-state index in [1.54, 1.807) is 26.0 Å². The van der Waals surface area contributed by atoms with Crippen molar-refractivity contribution in [3.8, 4) is 0 Å². The molecule has 0 bridgehead atoms. The molecule has 37 heavy (non-hydrogen) atoms. The Balaban J connectivity index is -0.000000569. The number of carbonyl (C=O) groups excluding carboxylic acids is 3. The third-order valence-electron chi connectivity index (χ3n) is 5.40. The largest absolute Gasteiger partial charge is 0.465 e. The maximum atomic E-state index is 13.0. The van der Waals surface area contributed by atoms with Crippen LogP contribution in [0.5, 0.6) is 0 Å². The number of amides is 2. The van der Waals surface area contributed by atoms with Gasteiger partial charge in [-0.3, -0.25) is 14.4 Å². The summed E-state index contributed by atoms with van der Waals surface area (Å²) < 4.78 is 5.28. The van der Waals surface area contributed by atoms with Crippen LogP contribution in [-0.2, 0) is 19.1 Å². The molecule has 9 heteroatoms. The van der Waals surface area contributed by atoms with Gasteiger partial charge in [0.05, 0.1) is 29.7 Å². The first-order valence-corrected chi connectivity index (χ1v) is 11.2. The Morgan fingerprint density at radius 3 is 2.27 bits per heavy atom. The third-order valence-corrected chi connectivity index (χ3v) is 5.95. The van der Waals surface area contributed by atoms with Crippen molar-refractivity contribution >= 4 is 52.5 Å². The summed E-state index contributed by atoms with van der Waals surface area (Å²) in [6, 6.07) is 4.73. The van der Waals surface area contributed by atoms with Gasteiger partial charge in [0.1, 0.15) is 5.84 Å². The summed E-state index contributed by atoms with van der Waals surface area (Å²) in [5.74, 6) is -1.14. The second kappa shape index (κ2) is 19.9. The zero-order chi connectivity index (χ0) is 23.2. The van der Waals surface area contributed by atoms with Crippen LogP contribution in [0.15, 0.2) is 23.3 Å². The zero-order valence-electron chi connectivity index (χ0n) is 18.3. The molecule has 0 saturated heterocycles. The van der Waals surface area contributed by atoms with E-state index in [-0.39, 0.29) is 74.6 Å². The van der Waals surface area contributed by atoms with Crippen molar-refractivity contribution < 1.29 is 19.1 Å². The van der Waals surface area contributed by atoms with E-state index in [4.69, 9.17) is 27.9 Å².